The molecular formula is C13H12N2OS. The maximum absolute atomic E-state index is 5.70. The number of ether oxygens (including phenoxy) is 1. The largest absolute Gasteiger partial charge is 0.455 e. The van der Waals surface area contributed by atoms with Crippen LogP contribution in [0.5, 0.6) is 11.5 Å². The minimum Gasteiger partial charge on any atom is -0.455 e. The van der Waals surface area contributed by atoms with Crippen molar-refractivity contribution in [2.45, 2.75) is 6.92 Å². The summed E-state index contributed by atoms with van der Waals surface area (Å²) in [5.41, 5.74) is 7.50. The molecule has 0 fully saturated rings. The van der Waals surface area contributed by atoms with Crippen molar-refractivity contribution in [3.8, 4) is 11.5 Å². The van der Waals surface area contributed by atoms with Gasteiger partial charge in [0.05, 0.1) is 11.8 Å². The first-order valence-electron chi connectivity index (χ1n) is 5.15. The average Bonchev–Trinajstić information content (AvgIpc) is 2.32. The predicted molar refractivity (Wildman–Crippen MR) is 71.4 cm³/mol. The third-order valence-electron chi connectivity index (χ3n) is 2.26. The topological polar surface area (TPSA) is 48.1 Å². The highest BCUT2D eigenvalue weighted by Crippen LogP contribution is 2.25. The van der Waals surface area contributed by atoms with Crippen molar-refractivity contribution in [1.82, 2.24) is 4.98 Å². The van der Waals surface area contributed by atoms with Gasteiger partial charge in [-0.3, -0.25) is 4.98 Å². The van der Waals surface area contributed by atoms with Crippen molar-refractivity contribution in [1.29, 1.82) is 0 Å². The van der Waals surface area contributed by atoms with E-state index < -0.39 is 0 Å². The maximum Gasteiger partial charge on any atom is 0.145 e. The minimum absolute atomic E-state index is 0.326. The van der Waals surface area contributed by atoms with Crippen LogP contribution in [-0.4, -0.2) is 9.97 Å². The smallest absolute Gasteiger partial charge is 0.145 e. The van der Waals surface area contributed by atoms with E-state index in [1.807, 2.05) is 37.3 Å². The van der Waals surface area contributed by atoms with Gasteiger partial charge in [-0.15, -0.1) is 0 Å². The Morgan fingerprint density at radius 2 is 2.18 bits per heavy atom. The molecule has 0 radical (unpaired) electrons. The van der Waals surface area contributed by atoms with Crippen LogP contribution >= 0.6 is 12.2 Å². The zero-order valence-electron chi connectivity index (χ0n) is 9.38. The third kappa shape index (κ3) is 2.79. The van der Waals surface area contributed by atoms with Gasteiger partial charge in [-0.25, -0.2) is 0 Å². The molecule has 1 aromatic carbocycles. The number of aromatic nitrogens is 1. The van der Waals surface area contributed by atoms with Crippen LogP contribution in [0, 0.1) is 6.92 Å². The molecule has 0 saturated heterocycles. The highest BCUT2D eigenvalue weighted by Gasteiger charge is 2.07. The summed E-state index contributed by atoms with van der Waals surface area (Å²) in [5.74, 6) is 1.31. The van der Waals surface area contributed by atoms with Crippen molar-refractivity contribution < 1.29 is 4.74 Å². The van der Waals surface area contributed by atoms with Crippen LogP contribution in [0.2, 0.25) is 0 Å². The summed E-state index contributed by atoms with van der Waals surface area (Å²) in [6.45, 7) is 1.98. The Balaban J connectivity index is 2.36. The van der Waals surface area contributed by atoms with Gasteiger partial charge in [0.2, 0.25) is 0 Å². The summed E-state index contributed by atoms with van der Waals surface area (Å²) in [6.07, 6.45) is 3.33. The van der Waals surface area contributed by atoms with Gasteiger partial charge < -0.3 is 10.5 Å². The molecule has 0 atom stereocenters. The molecule has 4 heteroatoms. The summed E-state index contributed by atoms with van der Waals surface area (Å²) in [4.78, 5) is 4.31. The van der Waals surface area contributed by atoms with Crippen molar-refractivity contribution in [2.75, 3.05) is 0 Å². The Kier molecular flexibility index (Phi) is 3.35. The Labute approximate surface area is 105 Å². The molecule has 0 amide bonds. The van der Waals surface area contributed by atoms with E-state index in [1.165, 1.54) is 0 Å². The number of nitrogens with zero attached hydrogens (tertiary/aromatic N) is 1. The number of aryl methyl sites for hydroxylation is 1. The van der Waals surface area contributed by atoms with Crippen molar-refractivity contribution in [3.63, 3.8) is 0 Å². The molecule has 3 nitrogen and oxygen atoms in total. The van der Waals surface area contributed by atoms with Gasteiger partial charge in [0, 0.05) is 6.20 Å². The lowest BCUT2D eigenvalue weighted by atomic mass is 10.1. The van der Waals surface area contributed by atoms with Crippen LogP contribution in [0.15, 0.2) is 42.7 Å². The zero-order chi connectivity index (χ0) is 12.3. The van der Waals surface area contributed by atoms with Crippen molar-refractivity contribution in [3.05, 3.63) is 53.9 Å². The number of benzene rings is 1. The standard InChI is InChI=1S/C13H12N2OS/c1-9-4-5-12(11(7-9)13(14)17)16-10-3-2-6-15-8-10/h2-8H,1H3,(H2,14,17). The molecule has 1 aromatic heterocycles. The lowest BCUT2D eigenvalue weighted by molar-refractivity contribution is 0.479. The molecule has 0 aliphatic carbocycles. The van der Waals surface area contributed by atoms with Crippen molar-refractivity contribution in [2.24, 2.45) is 5.73 Å². The second-order valence-electron chi connectivity index (χ2n) is 3.65. The number of hydrogen-bond acceptors (Lipinski definition) is 3. The normalized spacial score (nSPS) is 9.94. The molecule has 86 valence electrons. The number of hydrogen-bond donors (Lipinski definition) is 1. The van der Waals surface area contributed by atoms with Gasteiger partial charge in [0.25, 0.3) is 0 Å². The molecule has 0 aliphatic rings. The molecule has 2 rings (SSSR count). The Bertz CT molecular complexity index is 540. The van der Waals surface area contributed by atoms with Gasteiger partial charge in [-0.05, 0) is 31.2 Å². The molecule has 2 N–H and O–H groups in total. The fourth-order valence-electron chi connectivity index (χ4n) is 1.46. The van der Waals surface area contributed by atoms with E-state index in [9.17, 15) is 0 Å². The van der Waals surface area contributed by atoms with E-state index in [-0.39, 0.29) is 0 Å². The zero-order valence-corrected chi connectivity index (χ0v) is 10.2. The van der Waals surface area contributed by atoms with E-state index in [2.05, 4.69) is 4.98 Å². The van der Waals surface area contributed by atoms with Crippen LogP contribution < -0.4 is 10.5 Å². The summed E-state index contributed by atoms with van der Waals surface area (Å²) in [7, 11) is 0. The molecule has 17 heavy (non-hydrogen) atoms. The minimum atomic E-state index is 0.326. The summed E-state index contributed by atoms with van der Waals surface area (Å²) in [6, 6.07) is 9.36. The van der Waals surface area contributed by atoms with E-state index in [0.29, 0.717) is 16.5 Å². The monoisotopic (exact) mass is 244 g/mol. The van der Waals surface area contributed by atoms with E-state index in [1.54, 1.807) is 12.4 Å². The second kappa shape index (κ2) is 4.93. The number of nitrogens with two attached hydrogens (primary N) is 1. The van der Waals surface area contributed by atoms with Crippen LogP contribution in [0.1, 0.15) is 11.1 Å². The van der Waals surface area contributed by atoms with Crippen LogP contribution in [0.25, 0.3) is 0 Å². The SMILES string of the molecule is Cc1ccc(Oc2cccnc2)c(C(N)=S)c1. The maximum atomic E-state index is 5.70. The van der Waals surface area contributed by atoms with Crippen LogP contribution in [-0.2, 0) is 0 Å². The van der Waals surface area contributed by atoms with Crippen LogP contribution in [0.3, 0.4) is 0 Å². The van der Waals surface area contributed by atoms with Gasteiger partial charge >= 0.3 is 0 Å². The lowest BCUT2D eigenvalue weighted by Gasteiger charge is -2.10. The highest BCUT2D eigenvalue weighted by molar-refractivity contribution is 7.80. The summed E-state index contributed by atoms with van der Waals surface area (Å²) < 4.78 is 5.70. The first-order chi connectivity index (χ1) is 8.16. The van der Waals surface area contributed by atoms with E-state index >= 15 is 0 Å². The molecule has 0 bridgehead atoms. The lowest BCUT2D eigenvalue weighted by Crippen LogP contribution is -2.11. The number of thiocarbonyl (C=S) groups is 1. The van der Waals surface area contributed by atoms with Gasteiger partial charge in [0.15, 0.2) is 0 Å². The highest BCUT2D eigenvalue weighted by atomic mass is 32.1. The molecular weight excluding hydrogens is 232 g/mol. The van der Waals surface area contributed by atoms with Crippen LogP contribution in [0.4, 0.5) is 0 Å². The molecule has 1 heterocycles. The Hall–Kier alpha value is -1.94. The molecule has 0 unspecified atom stereocenters. The second-order valence-corrected chi connectivity index (χ2v) is 4.09. The molecule has 0 aliphatic heterocycles. The third-order valence-corrected chi connectivity index (χ3v) is 2.48. The first-order valence-corrected chi connectivity index (χ1v) is 5.56. The molecule has 2 aromatic rings. The molecule has 0 spiro atoms. The first kappa shape index (κ1) is 11.5. The predicted octanol–water partition coefficient (Wildman–Crippen LogP) is 2.82. The van der Waals surface area contributed by atoms with Gasteiger partial charge in [-0.1, -0.05) is 23.8 Å². The molecule has 0 saturated carbocycles. The van der Waals surface area contributed by atoms with Gasteiger partial charge in [-0.2, -0.15) is 0 Å². The Morgan fingerprint density at radius 3 is 2.82 bits per heavy atom. The average molecular weight is 244 g/mol. The number of pyridine rings is 1. The van der Waals surface area contributed by atoms with Gasteiger partial charge in [0.1, 0.15) is 16.5 Å². The number of rotatable bonds is 3. The fourth-order valence-corrected chi connectivity index (χ4v) is 1.62. The van der Waals surface area contributed by atoms with E-state index in [4.69, 9.17) is 22.7 Å². The fraction of sp³-hybridized carbons (Fsp3) is 0.0769. The van der Waals surface area contributed by atoms with Crippen molar-refractivity contribution >= 4 is 17.2 Å². The Morgan fingerprint density at radius 1 is 1.35 bits per heavy atom. The summed E-state index contributed by atoms with van der Waals surface area (Å²) in [5, 5.41) is 0. The summed E-state index contributed by atoms with van der Waals surface area (Å²) >= 11 is 5.01. The van der Waals surface area contributed by atoms with E-state index in [0.717, 1.165) is 11.1 Å². The quantitative estimate of drug-likeness (QED) is 0.843.